The van der Waals surface area contributed by atoms with Crippen LogP contribution < -0.4 is 74.5 Å². The van der Waals surface area contributed by atoms with E-state index < -0.39 is 0 Å². The van der Waals surface area contributed by atoms with Gasteiger partial charge in [0.15, 0.2) is 0 Å². The molecule has 0 aromatic carbocycles. The van der Waals surface area contributed by atoms with Crippen molar-refractivity contribution in [2.45, 2.75) is 0 Å². The van der Waals surface area contributed by atoms with Gasteiger partial charge in [0.25, 0.3) is 0 Å². The normalized spacial score (nSPS) is 6.86. The second-order valence-corrected chi connectivity index (χ2v) is 2.97. The first-order chi connectivity index (χ1) is 9.34. The molecule has 26 N–H and O–H groups in total. The lowest BCUT2D eigenvalue weighted by Crippen LogP contribution is -2.22. The number of rotatable bonds is 0. The van der Waals surface area contributed by atoms with E-state index in [9.17, 15) is 0 Å². The van der Waals surface area contributed by atoms with Gasteiger partial charge in [0.05, 0.1) is 0 Å². The molecule has 126 valence electrons. The fraction of sp³-hybridized carbons (Fsp3) is 0. The van der Waals surface area contributed by atoms with Gasteiger partial charge in [-0.05, 0) is 6.20 Å². The maximum Gasteiger partial charge on any atom is 0.134 e. The molecule has 0 saturated heterocycles. The van der Waals surface area contributed by atoms with Crippen LogP contribution in [0, 0.1) is 0 Å². The van der Waals surface area contributed by atoms with Gasteiger partial charge in [0.2, 0.25) is 0 Å². The van der Waals surface area contributed by atoms with E-state index >= 15 is 0 Å². The first kappa shape index (κ1) is 26.0. The highest BCUT2D eigenvalue weighted by Gasteiger charge is 1.78. The summed E-state index contributed by atoms with van der Waals surface area (Å²) in [6.07, 6.45) is 1.25. The lowest BCUT2D eigenvalue weighted by atomic mass is 10.7. The molecule has 0 fully saturated rings. The average molecular weight is 307 g/mol. The lowest BCUT2D eigenvalue weighted by Gasteiger charge is -1.89. The van der Waals surface area contributed by atoms with Crippen LogP contribution in [0.15, 0.2) is 47.7 Å². The summed E-state index contributed by atoms with van der Waals surface area (Å²) in [5, 5.41) is 0. The second kappa shape index (κ2) is 16.4. The molecule has 0 unspecified atom stereocenters. The quantitative estimate of drug-likeness (QED) is 0.198. The van der Waals surface area contributed by atoms with Gasteiger partial charge in [0.1, 0.15) is 34.9 Å². The molecule has 0 bridgehead atoms. The maximum atomic E-state index is 4.84. The van der Waals surface area contributed by atoms with Crippen molar-refractivity contribution in [3.05, 3.63) is 47.7 Å². The molecule has 13 nitrogen and oxygen atoms in total. The molecule has 0 aliphatic heterocycles. The van der Waals surface area contributed by atoms with Crippen molar-refractivity contribution in [3.8, 4) is 0 Å². The van der Waals surface area contributed by atoms with Crippen LogP contribution in [0.1, 0.15) is 0 Å². The van der Waals surface area contributed by atoms with E-state index in [1.54, 1.807) is 0 Å². The lowest BCUT2D eigenvalue weighted by molar-refractivity contribution is 1.09. The number of hydrogen-bond donors (Lipinski definition) is 13. The molecule has 0 aliphatic rings. The topological polar surface area (TPSA) is 338 Å². The molecule has 0 heterocycles. The monoisotopic (exact) mass is 307 g/mol. The Kier molecular flexibility index (Phi) is 20.3. The van der Waals surface area contributed by atoms with Crippen molar-refractivity contribution < 1.29 is 0 Å². The minimum atomic E-state index is -0.0185. The molecule has 0 aromatic rings. The second-order valence-electron chi connectivity index (χ2n) is 2.97. The van der Waals surface area contributed by atoms with Crippen LogP contribution in [0.4, 0.5) is 0 Å². The van der Waals surface area contributed by atoms with E-state index in [0.717, 1.165) is 0 Å². The molecule has 0 aromatic heterocycles. The number of nitrogens with two attached hydrogens (primary N) is 13. The Morgan fingerprint density at radius 2 is 0.476 bits per heavy atom. The number of hydrogen-bond acceptors (Lipinski definition) is 13. The van der Waals surface area contributed by atoms with Gasteiger partial charge in [0, 0.05) is 0 Å². The molecule has 0 aliphatic carbocycles. The molecule has 21 heavy (non-hydrogen) atoms. The Labute approximate surface area is 123 Å². The smallest absolute Gasteiger partial charge is 0.134 e. The van der Waals surface area contributed by atoms with Gasteiger partial charge in [-0.1, -0.05) is 6.58 Å². The van der Waals surface area contributed by atoms with Crippen LogP contribution in [-0.4, -0.2) is 0 Å². The highest BCUT2D eigenvalue weighted by molar-refractivity contribution is 4.97. The van der Waals surface area contributed by atoms with Crippen LogP contribution in [-0.2, 0) is 0 Å². The van der Waals surface area contributed by atoms with Crippen molar-refractivity contribution in [2.24, 2.45) is 74.5 Å². The largest absolute Gasteiger partial charge is 0.405 e. The molecule has 0 atom stereocenters. The molecule has 0 amide bonds. The predicted octanol–water partition coefficient (Wildman–Crippen LogP) is -6.07. The molecule has 13 heteroatoms. The zero-order chi connectivity index (χ0) is 18.2. The summed E-state index contributed by atoms with van der Waals surface area (Å²) in [5.41, 5.74) is 62.7. The third kappa shape index (κ3) is 48.3. The standard InChI is InChI=1S/3C2H8N4.C2H5N/c3*3-1(4)2(5)6;1-2-3/h3*3-6H2;2H,1,3H2. The molecule has 0 rings (SSSR count). The van der Waals surface area contributed by atoms with Crippen molar-refractivity contribution in [1.82, 2.24) is 0 Å². The molecule has 0 radical (unpaired) electrons. The minimum absolute atomic E-state index is 0.0185. The zero-order valence-electron chi connectivity index (χ0n) is 11.8. The molecular formula is C8H29N13. The summed E-state index contributed by atoms with van der Waals surface area (Å²) in [4.78, 5) is 0. The van der Waals surface area contributed by atoms with Gasteiger partial charge < -0.3 is 74.5 Å². The molecule has 0 saturated carbocycles. The third-order valence-electron chi connectivity index (χ3n) is 1.00. The van der Waals surface area contributed by atoms with E-state index in [2.05, 4.69) is 12.3 Å². The van der Waals surface area contributed by atoms with E-state index in [-0.39, 0.29) is 34.9 Å². The summed E-state index contributed by atoms with van der Waals surface area (Å²) in [6, 6.07) is 0. The van der Waals surface area contributed by atoms with E-state index in [1.165, 1.54) is 6.20 Å². The Bertz CT molecular complexity index is 260. The van der Waals surface area contributed by atoms with Crippen molar-refractivity contribution in [2.75, 3.05) is 0 Å². The summed E-state index contributed by atoms with van der Waals surface area (Å²) >= 11 is 0. The van der Waals surface area contributed by atoms with Gasteiger partial charge in [-0.3, -0.25) is 0 Å². The van der Waals surface area contributed by atoms with E-state index in [0.29, 0.717) is 0 Å². The average Bonchev–Trinajstić information content (AvgIpc) is 2.30. The Morgan fingerprint density at radius 1 is 0.429 bits per heavy atom. The Balaban J connectivity index is -0.0000000944. The van der Waals surface area contributed by atoms with Crippen molar-refractivity contribution >= 4 is 0 Å². The van der Waals surface area contributed by atoms with Crippen LogP contribution in [0.25, 0.3) is 0 Å². The first-order valence-electron chi connectivity index (χ1n) is 4.96. The highest BCUT2D eigenvalue weighted by atomic mass is 14.9. The van der Waals surface area contributed by atoms with Gasteiger partial charge in [-0.2, -0.15) is 0 Å². The van der Waals surface area contributed by atoms with Gasteiger partial charge in [-0.15, -0.1) is 0 Å². The Hall–Kier alpha value is -3.64. The van der Waals surface area contributed by atoms with E-state index in [4.69, 9.17) is 68.8 Å². The van der Waals surface area contributed by atoms with Crippen LogP contribution >= 0.6 is 0 Å². The minimum Gasteiger partial charge on any atom is -0.405 e. The fourth-order valence-electron chi connectivity index (χ4n) is 0. The summed E-state index contributed by atoms with van der Waals surface area (Å²) in [7, 11) is 0. The zero-order valence-corrected chi connectivity index (χ0v) is 11.8. The van der Waals surface area contributed by atoms with Crippen molar-refractivity contribution in [1.29, 1.82) is 0 Å². The molecular weight excluding hydrogens is 278 g/mol. The maximum absolute atomic E-state index is 4.84. The van der Waals surface area contributed by atoms with Gasteiger partial charge in [-0.25, -0.2) is 0 Å². The van der Waals surface area contributed by atoms with Crippen LogP contribution in [0.5, 0.6) is 0 Å². The van der Waals surface area contributed by atoms with Crippen LogP contribution in [0.3, 0.4) is 0 Å². The highest BCUT2D eigenvalue weighted by Crippen LogP contribution is 1.63. The van der Waals surface area contributed by atoms with Crippen LogP contribution in [0.2, 0.25) is 0 Å². The van der Waals surface area contributed by atoms with E-state index in [1.807, 2.05) is 0 Å². The fourth-order valence-corrected chi connectivity index (χ4v) is 0. The first-order valence-corrected chi connectivity index (χ1v) is 4.96. The predicted molar refractivity (Wildman–Crippen MR) is 85.7 cm³/mol. The van der Waals surface area contributed by atoms with Crippen molar-refractivity contribution in [3.63, 3.8) is 0 Å². The SMILES string of the molecule is C=CN.NC(N)=C(N)N.NC(N)=C(N)N.NC(N)=C(N)N. The summed E-state index contributed by atoms with van der Waals surface area (Å²) in [6.45, 7) is 3.14. The summed E-state index contributed by atoms with van der Waals surface area (Å²) in [5.74, 6) is -0.111. The van der Waals surface area contributed by atoms with Gasteiger partial charge >= 0.3 is 0 Å². The third-order valence-corrected chi connectivity index (χ3v) is 1.00. The summed E-state index contributed by atoms with van der Waals surface area (Å²) < 4.78 is 0. The Morgan fingerprint density at radius 3 is 0.476 bits per heavy atom. The molecule has 0 spiro atoms.